The Labute approximate surface area is 198 Å². The lowest BCUT2D eigenvalue weighted by atomic mass is 9.97. The first-order valence-electron chi connectivity index (χ1n) is 11.0. The van der Waals surface area contributed by atoms with Gasteiger partial charge in [0.2, 0.25) is 22.7 Å². The van der Waals surface area contributed by atoms with E-state index in [2.05, 4.69) is 5.32 Å². The fourth-order valence-corrected chi connectivity index (χ4v) is 5.50. The van der Waals surface area contributed by atoms with Crippen LogP contribution in [0.2, 0.25) is 0 Å². The van der Waals surface area contributed by atoms with Crippen LogP contribution < -0.4 is 19.5 Å². The Bertz CT molecular complexity index is 1270. The maximum Gasteiger partial charge on any atom is 0.243 e. The van der Waals surface area contributed by atoms with Crippen molar-refractivity contribution < 1.29 is 27.4 Å². The summed E-state index contributed by atoms with van der Waals surface area (Å²) in [7, 11) is -3.65. The van der Waals surface area contributed by atoms with Crippen molar-refractivity contribution in [2.45, 2.75) is 17.7 Å². The normalized spacial score (nSPS) is 16.2. The zero-order chi connectivity index (χ0) is 23.5. The summed E-state index contributed by atoms with van der Waals surface area (Å²) in [6.45, 7) is 0.732. The van der Waals surface area contributed by atoms with Crippen LogP contribution in [0, 0.1) is 5.92 Å². The molecule has 0 spiro atoms. The number of ether oxygens (including phenoxy) is 3. The first-order valence-corrected chi connectivity index (χ1v) is 12.5. The molecule has 3 aromatic rings. The number of nitrogens with zero attached hydrogens (tertiary/aromatic N) is 1. The van der Waals surface area contributed by atoms with E-state index in [9.17, 15) is 13.2 Å². The number of fused-ring (bicyclic) bond motifs is 1. The summed E-state index contributed by atoms with van der Waals surface area (Å²) in [5.74, 6) is 2.09. The van der Waals surface area contributed by atoms with Crippen LogP contribution >= 0.6 is 0 Å². The zero-order valence-corrected chi connectivity index (χ0v) is 19.2. The Morgan fingerprint density at radius 2 is 1.56 bits per heavy atom. The number of rotatable bonds is 6. The van der Waals surface area contributed by atoms with E-state index in [1.165, 1.54) is 4.31 Å². The zero-order valence-electron chi connectivity index (χ0n) is 18.3. The summed E-state index contributed by atoms with van der Waals surface area (Å²) >= 11 is 0. The largest absolute Gasteiger partial charge is 0.457 e. The minimum absolute atomic E-state index is 0.127. The third-order valence-corrected chi connectivity index (χ3v) is 7.82. The number of anilines is 1. The number of nitrogens with one attached hydrogen (secondary N) is 1. The van der Waals surface area contributed by atoms with Gasteiger partial charge < -0.3 is 19.5 Å². The molecule has 8 nitrogen and oxygen atoms in total. The molecular weight excluding hydrogens is 456 g/mol. The highest BCUT2D eigenvalue weighted by molar-refractivity contribution is 7.89. The molecule has 9 heteroatoms. The third-order valence-electron chi connectivity index (χ3n) is 5.91. The van der Waals surface area contributed by atoms with Gasteiger partial charge in [-0.25, -0.2) is 8.42 Å². The summed E-state index contributed by atoms with van der Waals surface area (Å²) < 4.78 is 44.0. The second-order valence-electron chi connectivity index (χ2n) is 8.12. The lowest BCUT2D eigenvalue weighted by Gasteiger charge is -2.30. The smallest absolute Gasteiger partial charge is 0.243 e. The molecule has 1 amide bonds. The van der Waals surface area contributed by atoms with Gasteiger partial charge >= 0.3 is 0 Å². The molecule has 0 bridgehead atoms. The van der Waals surface area contributed by atoms with Crippen LogP contribution in [0.25, 0.3) is 0 Å². The molecule has 0 unspecified atom stereocenters. The molecule has 0 aliphatic carbocycles. The average molecular weight is 481 g/mol. The molecule has 5 rings (SSSR count). The number of hydrogen-bond acceptors (Lipinski definition) is 6. The van der Waals surface area contributed by atoms with Gasteiger partial charge in [0.15, 0.2) is 11.5 Å². The molecule has 0 radical (unpaired) electrons. The number of hydrogen-bond donors (Lipinski definition) is 1. The maximum atomic E-state index is 13.1. The molecule has 2 aliphatic rings. The molecule has 176 valence electrons. The number of para-hydroxylation sites is 1. The van der Waals surface area contributed by atoms with E-state index in [-0.39, 0.29) is 36.6 Å². The minimum Gasteiger partial charge on any atom is -0.457 e. The van der Waals surface area contributed by atoms with E-state index in [0.717, 1.165) is 0 Å². The van der Waals surface area contributed by atoms with Gasteiger partial charge in [0.1, 0.15) is 11.5 Å². The van der Waals surface area contributed by atoms with Crippen molar-refractivity contribution >= 4 is 21.6 Å². The maximum absolute atomic E-state index is 13.1. The van der Waals surface area contributed by atoms with Gasteiger partial charge in [0, 0.05) is 30.8 Å². The van der Waals surface area contributed by atoms with Gasteiger partial charge in [0.05, 0.1) is 4.90 Å². The van der Waals surface area contributed by atoms with Gasteiger partial charge in [-0.2, -0.15) is 4.31 Å². The molecule has 2 aliphatic heterocycles. The van der Waals surface area contributed by atoms with Crippen LogP contribution in [0.5, 0.6) is 23.0 Å². The van der Waals surface area contributed by atoms with E-state index in [4.69, 9.17) is 14.2 Å². The minimum atomic E-state index is -3.65. The lowest BCUT2D eigenvalue weighted by Crippen LogP contribution is -2.41. The standard InChI is InChI=1S/C25H24N2O6S/c28-25(26-19-6-11-23-24(16-19)32-17-31-23)18-12-14-27(15-13-18)34(29,30)22-9-7-21(8-10-22)33-20-4-2-1-3-5-20/h1-11,16,18H,12-15,17H2,(H,26,28). The van der Waals surface area contributed by atoms with Crippen molar-refractivity contribution in [1.82, 2.24) is 4.31 Å². The quantitative estimate of drug-likeness (QED) is 0.567. The van der Waals surface area contributed by atoms with Crippen molar-refractivity contribution in [3.8, 4) is 23.0 Å². The summed E-state index contributed by atoms with van der Waals surface area (Å²) in [6.07, 6.45) is 0.898. The third kappa shape index (κ3) is 4.71. The summed E-state index contributed by atoms with van der Waals surface area (Å²) in [5.41, 5.74) is 0.627. The number of carbonyl (C=O) groups is 1. The van der Waals surface area contributed by atoms with Crippen molar-refractivity contribution in [2.75, 3.05) is 25.2 Å². The van der Waals surface area contributed by atoms with Crippen LogP contribution in [0.4, 0.5) is 5.69 Å². The molecule has 1 fully saturated rings. The van der Waals surface area contributed by atoms with Crippen LogP contribution in [0.15, 0.2) is 77.7 Å². The highest BCUT2D eigenvalue weighted by Gasteiger charge is 2.32. The van der Waals surface area contributed by atoms with Crippen LogP contribution in [0.1, 0.15) is 12.8 Å². The lowest BCUT2D eigenvalue weighted by molar-refractivity contribution is -0.120. The second-order valence-corrected chi connectivity index (χ2v) is 10.1. The van der Waals surface area contributed by atoms with Crippen molar-refractivity contribution in [3.05, 3.63) is 72.8 Å². The topological polar surface area (TPSA) is 94.2 Å². The van der Waals surface area contributed by atoms with E-state index in [0.29, 0.717) is 41.5 Å². The molecule has 2 heterocycles. The molecule has 1 saturated heterocycles. The highest BCUT2D eigenvalue weighted by atomic mass is 32.2. The van der Waals surface area contributed by atoms with Gasteiger partial charge in [-0.1, -0.05) is 18.2 Å². The molecule has 0 atom stereocenters. The van der Waals surface area contributed by atoms with E-state index in [1.54, 1.807) is 42.5 Å². The molecule has 0 saturated carbocycles. The number of amides is 1. The molecule has 0 aromatic heterocycles. The van der Waals surface area contributed by atoms with Gasteiger partial charge in [-0.15, -0.1) is 0 Å². The van der Waals surface area contributed by atoms with Crippen LogP contribution in [-0.4, -0.2) is 38.5 Å². The van der Waals surface area contributed by atoms with E-state index < -0.39 is 10.0 Å². The fourth-order valence-electron chi connectivity index (χ4n) is 4.03. The van der Waals surface area contributed by atoms with Crippen LogP contribution in [0.3, 0.4) is 0 Å². The predicted molar refractivity (Wildman–Crippen MR) is 126 cm³/mol. The van der Waals surface area contributed by atoms with Crippen molar-refractivity contribution in [1.29, 1.82) is 0 Å². The second kappa shape index (κ2) is 9.36. The Kier molecular flexibility index (Phi) is 6.12. The van der Waals surface area contributed by atoms with Crippen molar-refractivity contribution in [3.63, 3.8) is 0 Å². The Hall–Kier alpha value is -3.56. The first-order chi connectivity index (χ1) is 16.5. The molecule has 34 heavy (non-hydrogen) atoms. The fraction of sp³-hybridized carbons (Fsp3) is 0.240. The summed E-state index contributed by atoms with van der Waals surface area (Å²) in [4.78, 5) is 12.9. The highest BCUT2D eigenvalue weighted by Crippen LogP contribution is 2.34. The number of piperidine rings is 1. The van der Waals surface area contributed by atoms with Crippen LogP contribution in [-0.2, 0) is 14.8 Å². The molecular formula is C25H24N2O6S. The molecule has 3 aromatic carbocycles. The Morgan fingerprint density at radius 1 is 0.882 bits per heavy atom. The average Bonchev–Trinajstić information content (AvgIpc) is 3.33. The number of sulfonamides is 1. The summed E-state index contributed by atoms with van der Waals surface area (Å²) in [5, 5.41) is 2.90. The molecule has 1 N–H and O–H groups in total. The monoisotopic (exact) mass is 480 g/mol. The Balaban J connectivity index is 1.18. The van der Waals surface area contributed by atoms with Gasteiger partial charge in [-0.3, -0.25) is 4.79 Å². The van der Waals surface area contributed by atoms with E-state index in [1.807, 2.05) is 30.3 Å². The summed E-state index contributed by atoms with van der Waals surface area (Å²) in [6, 6.07) is 20.9. The Morgan fingerprint density at radius 3 is 2.29 bits per heavy atom. The van der Waals surface area contributed by atoms with Gasteiger partial charge in [0.25, 0.3) is 0 Å². The predicted octanol–water partition coefficient (Wildman–Crippen LogP) is 4.25. The SMILES string of the molecule is O=C(Nc1ccc2c(c1)OCO2)C1CCN(S(=O)(=O)c2ccc(Oc3ccccc3)cc2)CC1. The van der Waals surface area contributed by atoms with Gasteiger partial charge in [-0.05, 0) is 61.4 Å². The van der Waals surface area contributed by atoms with Crippen molar-refractivity contribution in [2.24, 2.45) is 5.92 Å². The number of benzene rings is 3. The van der Waals surface area contributed by atoms with E-state index >= 15 is 0 Å². The first kappa shape index (κ1) is 22.2. The number of carbonyl (C=O) groups excluding carboxylic acids is 1.